The lowest BCUT2D eigenvalue weighted by Gasteiger charge is -2.18. The number of benzene rings is 4. The average Bonchev–Trinajstić information content (AvgIpc) is 3.45. The number of carboxylic acids is 1. The van der Waals surface area contributed by atoms with E-state index in [-0.39, 0.29) is 13.2 Å². The third kappa shape index (κ3) is 6.94. The number of rotatable bonds is 12. The number of nitrogens with zero attached hydrogens (tertiary/aromatic N) is 2. The van der Waals surface area contributed by atoms with Crippen LogP contribution in [0.1, 0.15) is 16.7 Å². The number of carbonyl (C=O) groups is 1. The summed E-state index contributed by atoms with van der Waals surface area (Å²) in [5.41, 5.74) is 5.91. The van der Waals surface area contributed by atoms with E-state index in [1.807, 2.05) is 48.5 Å². The molecule has 210 valence electrons. The number of ether oxygens (including phenoxy) is 2. The fourth-order valence-electron chi connectivity index (χ4n) is 4.19. The Kier molecular flexibility index (Phi) is 9.30. The lowest BCUT2D eigenvalue weighted by molar-refractivity contribution is -0.140. The molecule has 1 unspecified atom stereocenters. The molecule has 0 spiro atoms. The summed E-state index contributed by atoms with van der Waals surface area (Å²) in [7, 11) is 0. The lowest BCUT2D eigenvalue weighted by Crippen LogP contribution is -2.39. The summed E-state index contributed by atoms with van der Waals surface area (Å²) in [6, 6.07) is 24.1. The summed E-state index contributed by atoms with van der Waals surface area (Å²) in [5.74, 6) is -0.103. The second-order valence-electron chi connectivity index (χ2n) is 9.15. The summed E-state index contributed by atoms with van der Waals surface area (Å²) >= 11 is 7.33. The lowest BCUT2D eigenvalue weighted by atomic mass is 10.0. The highest BCUT2D eigenvalue weighted by Gasteiger charge is 2.18. The number of nitrogens with one attached hydrogen (secondary N) is 1. The van der Waals surface area contributed by atoms with Gasteiger partial charge in [-0.3, -0.25) is 10.1 Å². The zero-order valence-electron chi connectivity index (χ0n) is 21.6. The molecule has 1 aromatic heterocycles. The average molecular weight is 683 g/mol. The number of aromatic nitrogens is 2. The van der Waals surface area contributed by atoms with Gasteiger partial charge in [0.15, 0.2) is 0 Å². The smallest absolute Gasteiger partial charge is 0.323 e. The fraction of sp³-hybridized carbons (Fsp3) is 0.167. The second kappa shape index (κ2) is 13.3. The summed E-state index contributed by atoms with van der Waals surface area (Å²) in [5, 5.41) is 29.3. The molecule has 41 heavy (non-hydrogen) atoms. The molecule has 0 fully saturated rings. The second-order valence-corrected chi connectivity index (χ2v) is 10.8. The number of aliphatic carboxylic acids is 1. The fourth-order valence-corrected chi connectivity index (χ4v) is 5.30. The van der Waals surface area contributed by atoms with Crippen molar-refractivity contribution < 1.29 is 29.1 Å². The van der Waals surface area contributed by atoms with Crippen LogP contribution < -0.4 is 14.8 Å². The van der Waals surface area contributed by atoms with Crippen molar-refractivity contribution in [3.05, 3.63) is 104 Å². The third-order valence-corrected chi connectivity index (χ3v) is 7.95. The molecule has 0 radical (unpaired) electrons. The Bertz CT molecular complexity index is 1660. The number of fused-ring (bicyclic) bond motifs is 1. The van der Waals surface area contributed by atoms with Gasteiger partial charge >= 0.3 is 5.97 Å². The van der Waals surface area contributed by atoms with Gasteiger partial charge in [-0.05, 0) is 77.1 Å². The minimum Gasteiger partial charge on any atom is -0.488 e. The predicted molar refractivity (Wildman–Crippen MR) is 160 cm³/mol. The molecule has 5 aromatic rings. The predicted octanol–water partition coefficient (Wildman–Crippen LogP) is 6.11. The molecule has 0 saturated heterocycles. The quantitative estimate of drug-likeness (QED) is 0.143. The zero-order valence-corrected chi connectivity index (χ0v) is 24.8. The molecular formula is C30H25Br2N3O6. The number of aliphatic hydroxyl groups excluding tert-OH is 1. The molecule has 11 heteroatoms. The monoisotopic (exact) mass is 681 g/mol. The molecule has 0 aliphatic heterocycles. The Morgan fingerprint density at radius 1 is 0.878 bits per heavy atom. The molecule has 0 aliphatic rings. The van der Waals surface area contributed by atoms with Crippen molar-refractivity contribution in [3.63, 3.8) is 0 Å². The van der Waals surface area contributed by atoms with E-state index in [1.54, 1.807) is 12.1 Å². The van der Waals surface area contributed by atoms with E-state index in [4.69, 9.17) is 14.1 Å². The van der Waals surface area contributed by atoms with Gasteiger partial charge in [0.05, 0.1) is 11.1 Å². The summed E-state index contributed by atoms with van der Waals surface area (Å²) in [4.78, 5) is 11.4. The van der Waals surface area contributed by atoms with E-state index in [9.17, 15) is 15.0 Å². The molecule has 3 N–H and O–H groups in total. The first-order chi connectivity index (χ1) is 19.9. The van der Waals surface area contributed by atoms with Crippen LogP contribution in [0, 0.1) is 0 Å². The summed E-state index contributed by atoms with van der Waals surface area (Å²) in [6.07, 6.45) is 0. The van der Waals surface area contributed by atoms with Gasteiger partial charge in [-0.25, -0.2) is 4.63 Å². The van der Waals surface area contributed by atoms with Crippen LogP contribution in [0.5, 0.6) is 11.5 Å². The Morgan fingerprint density at radius 2 is 1.66 bits per heavy atom. The van der Waals surface area contributed by atoms with Crippen LogP contribution in [0.2, 0.25) is 0 Å². The highest BCUT2D eigenvalue weighted by molar-refractivity contribution is 9.11. The first-order valence-electron chi connectivity index (χ1n) is 12.6. The number of halogens is 2. The zero-order chi connectivity index (χ0) is 28.8. The normalized spacial score (nSPS) is 11.9. The van der Waals surface area contributed by atoms with Crippen molar-refractivity contribution in [3.8, 4) is 22.6 Å². The van der Waals surface area contributed by atoms with Crippen molar-refractivity contribution in [1.29, 1.82) is 0 Å². The van der Waals surface area contributed by atoms with Crippen LogP contribution in [0.4, 0.5) is 0 Å². The molecule has 0 aliphatic carbocycles. The Morgan fingerprint density at radius 3 is 2.44 bits per heavy atom. The third-order valence-electron chi connectivity index (χ3n) is 6.39. The van der Waals surface area contributed by atoms with Crippen LogP contribution in [0.15, 0.2) is 92.4 Å². The molecule has 4 aromatic carbocycles. The number of carboxylic acid groups (broad SMARTS) is 1. The van der Waals surface area contributed by atoms with Gasteiger partial charge in [-0.2, -0.15) is 0 Å². The van der Waals surface area contributed by atoms with Crippen LogP contribution in [-0.2, 0) is 24.6 Å². The van der Waals surface area contributed by atoms with E-state index >= 15 is 0 Å². The number of hydrogen-bond acceptors (Lipinski definition) is 8. The molecule has 5 rings (SSSR count). The minimum atomic E-state index is -1.15. The number of aliphatic hydroxyl groups is 1. The van der Waals surface area contributed by atoms with Gasteiger partial charge in [0.2, 0.25) is 0 Å². The Labute approximate surface area is 252 Å². The molecule has 9 nitrogen and oxygen atoms in total. The van der Waals surface area contributed by atoms with Crippen molar-refractivity contribution >= 4 is 48.9 Å². The first-order valence-corrected chi connectivity index (χ1v) is 14.2. The molecule has 1 atom stereocenters. The maximum Gasteiger partial charge on any atom is 0.323 e. The maximum atomic E-state index is 11.4. The first kappa shape index (κ1) is 28.7. The van der Waals surface area contributed by atoms with E-state index in [1.165, 1.54) is 0 Å². The van der Waals surface area contributed by atoms with Gasteiger partial charge in [-0.1, -0.05) is 54.6 Å². The number of hydrogen-bond donors (Lipinski definition) is 3. The van der Waals surface area contributed by atoms with Crippen molar-refractivity contribution in [2.24, 2.45) is 0 Å². The Balaban J connectivity index is 1.38. The van der Waals surface area contributed by atoms with E-state index < -0.39 is 18.6 Å². The minimum absolute atomic E-state index is 0.142. The summed E-state index contributed by atoms with van der Waals surface area (Å²) < 4.78 is 18.8. The van der Waals surface area contributed by atoms with Gasteiger partial charge in [0.25, 0.3) is 0 Å². The topological polar surface area (TPSA) is 127 Å². The van der Waals surface area contributed by atoms with Crippen molar-refractivity contribution in [1.82, 2.24) is 15.6 Å². The standard InChI is InChI=1S/C30H25Br2N3O6/c31-23-12-21(14-33-26(15-36)30(37)38)27(39-16-18-9-10-24-25(11-18)35-41-34-24)13-28(23)40-17-20-7-4-8-22(29(20)32)19-5-2-1-3-6-19/h1-13,26,33,36H,14-17H2,(H,37,38). The molecule has 1 heterocycles. The molecule has 0 amide bonds. The van der Waals surface area contributed by atoms with Crippen LogP contribution >= 0.6 is 31.9 Å². The highest BCUT2D eigenvalue weighted by Crippen LogP contribution is 2.36. The van der Waals surface area contributed by atoms with Gasteiger partial charge in [-0.15, -0.1) is 0 Å². The molecular weight excluding hydrogens is 658 g/mol. The van der Waals surface area contributed by atoms with Crippen LogP contribution in [0.25, 0.3) is 22.2 Å². The van der Waals surface area contributed by atoms with Crippen molar-refractivity contribution in [2.45, 2.75) is 25.8 Å². The van der Waals surface area contributed by atoms with Gasteiger partial charge in [0.1, 0.15) is 41.8 Å². The van der Waals surface area contributed by atoms with E-state index in [2.05, 4.69) is 65.7 Å². The molecule has 0 saturated carbocycles. The summed E-state index contributed by atoms with van der Waals surface area (Å²) in [6.45, 7) is 0.0986. The van der Waals surface area contributed by atoms with Crippen LogP contribution in [-0.4, -0.2) is 39.1 Å². The van der Waals surface area contributed by atoms with Gasteiger partial charge < -0.3 is 19.7 Å². The Hall–Kier alpha value is -3.77. The van der Waals surface area contributed by atoms with Crippen molar-refractivity contribution in [2.75, 3.05) is 6.61 Å². The van der Waals surface area contributed by atoms with E-state index in [0.29, 0.717) is 39.2 Å². The molecule has 0 bridgehead atoms. The maximum absolute atomic E-state index is 11.4. The largest absolute Gasteiger partial charge is 0.488 e. The van der Waals surface area contributed by atoms with E-state index in [0.717, 1.165) is 26.7 Å². The SMILES string of the molecule is O=C(O)C(CO)NCc1cc(Br)c(OCc2cccc(-c3ccccc3)c2Br)cc1OCc1ccc2nonc2c1. The highest BCUT2D eigenvalue weighted by atomic mass is 79.9. The van der Waals surface area contributed by atoms with Gasteiger partial charge in [0, 0.05) is 28.2 Å². The van der Waals surface area contributed by atoms with Crippen LogP contribution in [0.3, 0.4) is 0 Å².